The molecule has 4 heteroatoms. The molecular weight excluding hydrogens is 191 g/mol. The minimum atomic E-state index is -4.35. The Balaban J connectivity index is 3.38. The van der Waals surface area contributed by atoms with E-state index in [0.717, 1.165) is 6.07 Å². The van der Waals surface area contributed by atoms with Gasteiger partial charge in [0.25, 0.3) is 0 Å². The van der Waals surface area contributed by atoms with Crippen molar-refractivity contribution in [1.29, 1.82) is 0 Å². The Kier molecular flexibility index (Phi) is 2.55. The number of hydrogen-bond donors (Lipinski definition) is 1. The van der Waals surface area contributed by atoms with Gasteiger partial charge in [-0.05, 0) is 24.1 Å². The Bertz CT molecular complexity index is 366. The molecule has 0 saturated carbocycles. The fraction of sp³-hybridized carbons (Fsp3) is 0.200. The van der Waals surface area contributed by atoms with Crippen molar-refractivity contribution in [2.24, 2.45) is 0 Å². The van der Waals surface area contributed by atoms with Gasteiger partial charge in [-0.3, -0.25) is 0 Å². The van der Waals surface area contributed by atoms with E-state index >= 15 is 0 Å². The van der Waals surface area contributed by atoms with Crippen molar-refractivity contribution >= 4 is 11.8 Å². The minimum Gasteiger partial charge on any atom is -0.398 e. The first-order valence-electron chi connectivity index (χ1n) is 3.96. The molecule has 2 N–H and O–H groups in total. The third kappa shape index (κ3) is 1.73. The van der Waals surface area contributed by atoms with Gasteiger partial charge in [-0.2, -0.15) is 13.2 Å². The highest BCUT2D eigenvalue weighted by molar-refractivity contribution is 5.68. The van der Waals surface area contributed by atoms with E-state index in [2.05, 4.69) is 6.58 Å². The van der Waals surface area contributed by atoms with Crippen LogP contribution in [0.1, 0.15) is 16.7 Å². The molecule has 1 aromatic rings. The zero-order chi connectivity index (χ0) is 10.9. The summed E-state index contributed by atoms with van der Waals surface area (Å²) in [5.74, 6) is 0. The van der Waals surface area contributed by atoms with Crippen LogP contribution < -0.4 is 5.73 Å². The van der Waals surface area contributed by atoms with Gasteiger partial charge in [0.2, 0.25) is 0 Å². The molecule has 76 valence electrons. The molecule has 0 aliphatic heterocycles. The van der Waals surface area contributed by atoms with Gasteiger partial charge in [0, 0.05) is 5.69 Å². The molecule has 1 aromatic carbocycles. The topological polar surface area (TPSA) is 26.0 Å². The number of rotatable bonds is 1. The molecule has 0 spiro atoms. The van der Waals surface area contributed by atoms with Crippen LogP contribution in [0.3, 0.4) is 0 Å². The van der Waals surface area contributed by atoms with Crippen LogP contribution in [-0.4, -0.2) is 0 Å². The average molecular weight is 201 g/mol. The SMILES string of the molecule is C=Cc1ccc(C(F)(F)F)c(C)c1N. The van der Waals surface area contributed by atoms with E-state index in [9.17, 15) is 13.2 Å². The van der Waals surface area contributed by atoms with Gasteiger partial charge < -0.3 is 5.73 Å². The number of hydrogen-bond acceptors (Lipinski definition) is 1. The summed E-state index contributed by atoms with van der Waals surface area (Å²) in [6.07, 6.45) is -2.92. The molecule has 14 heavy (non-hydrogen) atoms. The van der Waals surface area contributed by atoms with E-state index < -0.39 is 11.7 Å². The summed E-state index contributed by atoms with van der Waals surface area (Å²) in [5.41, 5.74) is 5.53. The van der Waals surface area contributed by atoms with E-state index in [1.165, 1.54) is 19.1 Å². The Hall–Kier alpha value is -1.45. The second-order valence-electron chi connectivity index (χ2n) is 2.94. The summed E-state index contributed by atoms with van der Waals surface area (Å²) in [6, 6.07) is 2.33. The summed E-state index contributed by atoms with van der Waals surface area (Å²) in [4.78, 5) is 0. The summed E-state index contributed by atoms with van der Waals surface area (Å²) < 4.78 is 37.1. The van der Waals surface area contributed by atoms with Gasteiger partial charge in [-0.15, -0.1) is 0 Å². The molecule has 0 aromatic heterocycles. The standard InChI is InChI=1S/C10H10F3N/c1-3-7-4-5-8(10(11,12)13)6(2)9(7)14/h3-5H,1,14H2,2H3. The monoisotopic (exact) mass is 201 g/mol. The number of alkyl halides is 3. The smallest absolute Gasteiger partial charge is 0.398 e. The molecule has 0 amide bonds. The summed E-state index contributed by atoms with van der Waals surface area (Å²) in [6.45, 7) is 4.82. The number of halogens is 3. The maximum absolute atomic E-state index is 12.4. The van der Waals surface area contributed by atoms with Crippen molar-refractivity contribution in [3.05, 3.63) is 35.4 Å². The van der Waals surface area contributed by atoms with Crippen LogP contribution in [0, 0.1) is 6.92 Å². The van der Waals surface area contributed by atoms with Crippen LogP contribution in [0.4, 0.5) is 18.9 Å². The summed E-state index contributed by atoms with van der Waals surface area (Å²) in [7, 11) is 0. The molecule has 0 saturated heterocycles. The maximum Gasteiger partial charge on any atom is 0.416 e. The fourth-order valence-corrected chi connectivity index (χ4v) is 1.23. The van der Waals surface area contributed by atoms with Crippen molar-refractivity contribution in [2.75, 3.05) is 5.73 Å². The van der Waals surface area contributed by atoms with Crippen LogP contribution in [0.15, 0.2) is 18.7 Å². The van der Waals surface area contributed by atoms with Crippen LogP contribution >= 0.6 is 0 Å². The third-order valence-electron chi connectivity index (χ3n) is 2.07. The molecule has 0 bridgehead atoms. The van der Waals surface area contributed by atoms with Gasteiger partial charge in [-0.1, -0.05) is 18.7 Å². The van der Waals surface area contributed by atoms with E-state index in [4.69, 9.17) is 5.73 Å². The van der Waals surface area contributed by atoms with Gasteiger partial charge in [0.05, 0.1) is 5.56 Å². The van der Waals surface area contributed by atoms with Crippen LogP contribution in [0.5, 0.6) is 0 Å². The minimum absolute atomic E-state index is 0.0508. The largest absolute Gasteiger partial charge is 0.416 e. The normalized spacial score (nSPS) is 11.4. The molecule has 0 heterocycles. The van der Waals surface area contributed by atoms with Gasteiger partial charge >= 0.3 is 6.18 Å². The molecule has 0 unspecified atom stereocenters. The first-order chi connectivity index (χ1) is 6.38. The first-order valence-corrected chi connectivity index (χ1v) is 3.96. The quantitative estimate of drug-likeness (QED) is 0.693. The van der Waals surface area contributed by atoms with Crippen molar-refractivity contribution in [3.8, 4) is 0 Å². The van der Waals surface area contributed by atoms with Crippen molar-refractivity contribution in [2.45, 2.75) is 13.1 Å². The highest BCUT2D eigenvalue weighted by atomic mass is 19.4. The van der Waals surface area contributed by atoms with E-state index in [0.29, 0.717) is 5.56 Å². The Morgan fingerprint density at radius 1 is 1.36 bits per heavy atom. The maximum atomic E-state index is 12.4. The predicted octanol–water partition coefficient (Wildman–Crippen LogP) is 3.24. The summed E-state index contributed by atoms with van der Waals surface area (Å²) >= 11 is 0. The van der Waals surface area contributed by atoms with Crippen LogP contribution in [0.2, 0.25) is 0 Å². The van der Waals surface area contributed by atoms with Crippen molar-refractivity contribution in [1.82, 2.24) is 0 Å². The zero-order valence-corrected chi connectivity index (χ0v) is 7.65. The van der Waals surface area contributed by atoms with Gasteiger partial charge in [0.1, 0.15) is 0 Å². The van der Waals surface area contributed by atoms with E-state index in [1.807, 2.05) is 0 Å². The first kappa shape index (κ1) is 10.6. The fourth-order valence-electron chi connectivity index (χ4n) is 1.23. The molecule has 0 atom stereocenters. The lowest BCUT2D eigenvalue weighted by atomic mass is 10.0. The highest BCUT2D eigenvalue weighted by Gasteiger charge is 2.33. The number of nitrogens with two attached hydrogens (primary N) is 1. The van der Waals surface area contributed by atoms with E-state index in [1.54, 1.807) is 0 Å². The number of nitrogen functional groups attached to an aromatic ring is 1. The molecule has 1 nitrogen and oxygen atoms in total. The number of anilines is 1. The molecular formula is C10H10F3N. The van der Waals surface area contributed by atoms with Crippen LogP contribution in [-0.2, 0) is 6.18 Å². The average Bonchev–Trinajstić information content (AvgIpc) is 2.07. The van der Waals surface area contributed by atoms with Crippen molar-refractivity contribution < 1.29 is 13.2 Å². The molecule has 1 rings (SSSR count). The second-order valence-corrected chi connectivity index (χ2v) is 2.94. The Morgan fingerprint density at radius 2 is 1.93 bits per heavy atom. The second kappa shape index (κ2) is 3.36. The summed E-state index contributed by atoms with van der Waals surface area (Å²) in [5, 5.41) is 0. The Labute approximate surface area is 80.0 Å². The molecule has 0 radical (unpaired) electrons. The lowest BCUT2D eigenvalue weighted by molar-refractivity contribution is -0.138. The third-order valence-corrected chi connectivity index (χ3v) is 2.07. The lowest BCUT2D eigenvalue weighted by Gasteiger charge is -2.13. The zero-order valence-electron chi connectivity index (χ0n) is 7.65. The molecule has 0 fully saturated rings. The van der Waals surface area contributed by atoms with Gasteiger partial charge in [-0.25, -0.2) is 0 Å². The highest BCUT2D eigenvalue weighted by Crippen LogP contribution is 2.35. The lowest BCUT2D eigenvalue weighted by Crippen LogP contribution is -2.09. The van der Waals surface area contributed by atoms with Gasteiger partial charge in [0.15, 0.2) is 0 Å². The molecule has 0 aliphatic carbocycles. The predicted molar refractivity (Wildman–Crippen MR) is 50.7 cm³/mol. The Morgan fingerprint density at radius 3 is 2.36 bits per heavy atom. The number of benzene rings is 1. The van der Waals surface area contributed by atoms with E-state index in [-0.39, 0.29) is 11.3 Å². The van der Waals surface area contributed by atoms with Crippen molar-refractivity contribution in [3.63, 3.8) is 0 Å². The molecule has 0 aliphatic rings. The van der Waals surface area contributed by atoms with Crippen LogP contribution in [0.25, 0.3) is 6.08 Å².